The number of nitrogens with one attached hydrogen (secondary N) is 1. The summed E-state index contributed by atoms with van der Waals surface area (Å²) in [6.45, 7) is 5.32. The van der Waals surface area contributed by atoms with Crippen LogP contribution < -0.4 is 5.32 Å². The van der Waals surface area contributed by atoms with Crippen molar-refractivity contribution in [3.8, 4) is 0 Å². The van der Waals surface area contributed by atoms with E-state index in [1.807, 2.05) is 0 Å². The van der Waals surface area contributed by atoms with Gasteiger partial charge in [-0.25, -0.2) is 0 Å². The SMILES string of the molecule is COC(=O)C(C)Sc1ccc(NC(=O)C(C)C)nn1. The second-order valence-corrected chi connectivity index (χ2v) is 5.55. The lowest BCUT2D eigenvalue weighted by Gasteiger charge is -2.09. The zero-order chi connectivity index (χ0) is 14.4. The van der Waals surface area contributed by atoms with E-state index < -0.39 is 0 Å². The van der Waals surface area contributed by atoms with Crippen LogP contribution >= 0.6 is 11.8 Å². The summed E-state index contributed by atoms with van der Waals surface area (Å²) in [5.41, 5.74) is 0. The molecule has 6 nitrogen and oxygen atoms in total. The topological polar surface area (TPSA) is 81.2 Å². The highest BCUT2D eigenvalue weighted by molar-refractivity contribution is 8.00. The number of esters is 1. The van der Waals surface area contributed by atoms with Gasteiger partial charge in [0, 0.05) is 5.92 Å². The molecule has 1 amide bonds. The standard InChI is InChI=1S/C12H17N3O3S/c1-7(2)11(16)13-9-5-6-10(15-14-9)19-8(3)12(17)18-4/h5-8H,1-4H3,(H,13,14,16). The van der Waals surface area contributed by atoms with Crippen molar-refractivity contribution in [3.63, 3.8) is 0 Å². The smallest absolute Gasteiger partial charge is 0.318 e. The number of carbonyl (C=O) groups is 2. The summed E-state index contributed by atoms with van der Waals surface area (Å²) < 4.78 is 4.62. The van der Waals surface area contributed by atoms with Crippen molar-refractivity contribution < 1.29 is 14.3 Å². The molecular formula is C12H17N3O3S. The first-order valence-electron chi connectivity index (χ1n) is 5.83. The van der Waals surface area contributed by atoms with Crippen LogP contribution in [0.3, 0.4) is 0 Å². The molecule has 1 aromatic heterocycles. The van der Waals surface area contributed by atoms with Gasteiger partial charge in [0.05, 0.1) is 7.11 Å². The van der Waals surface area contributed by atoms with Gasteiger partial charge in [-0.05, 0) is 19.1 Å². The molecule has 0 spiro atoms. The largest absolute Gasteiger partial charge is 0.468 e. The van der Waals surface area contributed by atoms with Crippen LogP contribution in [-0.2, 0) is 14.3 Å². The number of methoxy groups -OCH3 is 1. The first-order valence-corrected chi connectivity index (χ1v) is 6.71. The van der Waals surface area contributed by atoms with Crippen LogP contribution in [0.15, 0.2) is 17.2 Å². The van der Waals surface area contributed by atoms with E-state index in [9.17, 15) is 9.59 Å². The van der Waals surface area contributed by atoms with Gasteiger partial charge in [-0.15, -0.1) is 10.2 Å². The number of rotatable bonds is 5. The number of carbonyl (C=O) groups excluding carboxylic acids is 2. The second-order valence-electron chi connectivity index (χ2n) is 4.18. The van der Waals surface area contributed by atoms with Crippen molar-refractivity contribution in [2.24, 2.45) is 5.92 Å². The van der Waals surface area contributed by atoms with Crippen molar-refractivity contribution in [1.82, 2.24) is 10.2 Å². The average Bonchev–Trinajstić information content (AvgIpc) is 2.39. The van der Waals surface area contributed by atoms with Gasteiger partial charge >= 0.3 is 5.97 Å². The van der Waals surface area contributed by atoms with E-state index >= 15 is 0 Å². The molecule has 0 radical (unpaired) electrons. The molecule has 0 saturated heterocycles. The van der Waals surface area contributed by atoms with Crippen molar-refractivity contribution in [2.45, 2.75) is 31.0 Å². The molecule has 1 N–H and O–H groups in total. The molecule has 0 aliphatic heterocycles. The summed E-state index contributed by atoms with van der Waals surface area (Å²) in [4.78, 5) is 22.7. The lowest BCUT2D eigenvalue weighted by Crippen LogP contribution is -2.19. The third-order valence-electron chi connectivity index (χ3n) is 2.25. The maximum absolute atomic E-state index is 11.5. The molecule has 0 bridgehead atoms. The fourth-order valence-electron chi connectivity index (χ4n) is 1.12. The Morgan fingerprint density at radius 3 is 2.42 bits per heavy atom. The summed E-state index contributed by atoms with van der Waals surface area (Å²) in [5, 5.41) is 10.7. The van der Waals surface area contributed by atoms with Crippen LogP contribution in [0, 0.1) is 5.92 Å². The van der Waals surface area contributed by atoms with Crippen LogP contribution in [-0.4, -0.2) is 34.4 Å². The zero-order valence-corrected chi connectivity index (χ0v) is 12.2. The van der Waals surface area contributed by atoms with Gasteiger partial charge in [0.15, 0.2) is 5.82 Å². The van der Waals surface area contributed by atoms with Crippen molar-refractivity contribution >= 4 is 29.5 Å². The first kappa shape index (κ1) is 15.4. The Balaban J connectivity index is 2.61. The average molecular weight is 283 g/mol. The van der Waals surface area contributed by atoms with Gasteiger partial charge in [-0.1, -0.05) is 25.6 Å². The van der Waals surface area contributed by atoms with E-state index in [1.165, 1.54) is 18.9 Å². The van der Waals surface area contributed by atoms with Crippen LogP contribution in [0.25, 0.3) is 0 Å². The van der Waals surface area contributed by atoms with Crippen LogP contribution in [0.1, 0.15) is 20.8 Å². The summed E-state index contributed by atoms with van der Waals surface area (Å²) >= 11 is 1.25. The predicted molar refractivity (Wildman–Crippen MR) is 72.8 cm³/mol. The van der Waals surface area contributed by atoms with Gasteiger partial charge in [0.2, 0.25) is 5.91 Å². The highest BCUT2D eigenvalue weighted by Gasteiger charge is 2.15. The Labute approximate surface area is 116 Å². The fraction of sp³-hybridized carbons (Fsp3) is 0.500. The predicted octanol–water partition coefficient (Wildman–Crippen LogP) is 1.72. The quantitative estimate of drug-likeness (QED) is 0.654. The maximum atomic E-state index is 11.5. The zero-order valence-electron chi connectivity index (χ0n) is 11.3. The molecular weight excluding hydrogens is 266 g/mol. The number of aromatic nitrogens is 2. The molecule has 0 saturated carbocycles. The molecule has 1 unspecified atom stereocenters. The maximum Gasteiger partial charge on any atom is 0.318 e. The summed E-state index contributed by atoms with van der Waals surface area (Å²) in [6.07, 6.45) is 0. The Morgan fingerprint density at radius 2 is 1.95 bits per heavy atom. The number of nitrogens with zero attached hydrogens (tertiary/aromatic N) is 2. The summed E-state index contributed by atoms with van der Waals surface area (Å²) in [5.74, 6) is -0.148. The lowest BCUT2D eigenvalue weighted by molar-refractivity contribution is -0.139. The summed E-state index contributed by atoms with van der Waals surface area (Å²) in [6, 6.07) is 3.35. The highest BCUT2D eigenvalue weighted by atomic mass is 32.2. The normalized spacial score (nSPS) is 12.1. The van der Waals surface area contributed by atoms with Crippen LogP contribution in [0.2, 0.25) is 0 Å². The molecule has 0 fully saturated rings. The van der Waals surface area contributed by atoms with Gasteiger partial charge in [0.25, 0.3) is 0 Å². The molecule has 1 rings (SSSR count). The molecule has 1 heterocycles. The minimum atomic E-state index is -0.351. The fourth-order valence-corrected chi connectivity index (χ4v) is 1.90. The third-order valence-corrected chi connectivity index (χ3v) is 3.25. The van der Waals surface area contributed by atoms with E-state index in [4.69, 9.17) is 0 Å². The molecule has 1 atom stereocenters. The molecule has 0 aliphatic carbocycles. The number of ether oxygens (including phenoxy) is 1. The van der Waals surface area contributed by atoms with Gasteiger partial charge < -0.3 is 10.1 Å². The number of hydrogen-bond acceptors (Lipinski definition) is 6. The van der Waals surface area contributed by atoms with Gasteiger partial charge in [-0.3, -0.25) is 9.59 Å². The van der Waals surface area contributed by atoms with Gasteiger partial charge in [-0.2, -0.15) is 0 Å². The third kappa shape index (κ3) is 4.86. The Kier molecular flexibility index (Phi) is 5.75. The van der Waals surface area contributed by atoms with E-state index in [0.29, 0.717) is 10.8 Å². The second kappa shape index (κ2) is 7.08. The Bertz CT molecular complexity index is 448. The van der Waals surface area contributed by atoms with Crippen molar-refractivity contribution in [3.05, 3.63) is 12.1 Å². The Hall–Kier alpha value is -1.63. The molecule has 19 heavy (non-hydrogen) atoms. The monoisotopic (exact) mass is 283 g/mol. The van der Waals surface area contributed by atoms with Crippen LogP contribution in [0.4, 0.5) is 5.82 Å². The minimum absolute atomic E-state index is 0.113. The number of thioether (sulfide) groups is 1. The molecule has 104 valence electrons. The highest BCUT2D eigenvalue weighted by Crippen LogP contribution is 2.21. The Morgan fingerprint density at radius 1 is 1.26 bits per heavy atom. The number of anilines is 1. The molecule has 7 heteroatoms. The van der Waals surface area contributed by atoms with Crippen molar-refractivity contribution in [1.29, 1.82) is 0 Å². The first-order chi connectivity index (χ1) is 8.93. The van der Waals surface area contributed by atoms with E-state index in [0.717, 1.165) is 0 Å². The van der Waals surface area contributed by atoms with Gasteiger partial charge in [0.1, 0.15) is 10.3 Å². The van der Waals surface area contributed by atoms with E-state index in [2.05, 4.69) is 20.3 Å². The summed E-state index contributed by atoms with van der Waals surface area (Å²) in [7, 11) is 1.34. The number of amides is 1. The molecule has 0 aromatic carbocycles. The molecule has 1 aromatic rings. The minimum Gasteiger partial charge on any atom is -0.468 e. The van der Waals surface area contributed by atoms with E-state index in [-0.39, 0.29) is 23.0 Å². The lowest BCUT2D eigenvalue weighted by atomic mass is 10.2. The number of hydrogen-bond donors (Lipinski definition) is 1. The van der Waals surface area contributed by atoms with Crippen molar-refractivity contribution in [2.75, 3.05) is 12.4 Å². The van der Waals surface area contributed by atoms with Crippen LogP contribution in [0.5, 0.6) is 0 Å². The molecule has 0 aliphatic rings. The van der Waals surface area contributed by atoms with E-state index in [1.54, 1.807) is 32.9 Å².